The molecule has 3 fully saturated rings. The van der Waals surface area contributed by atoms with Crippen LogP contribution in [0.25, 0.3) is 0 Å². The maximum absolute atomic E-state index is 11.0. The van der Waals surface area contributed by atoms with Crippen LogP contribution in [-0.4, -0.2) is 40.8 Å². The summed E-state index contributed by atoms with van der Waals surface area (Å²) >= 11 is 0. The SMILES string of the molecule is CC(=O)OC1CC2CCC1N(C(=O)O)C2. The Kier molecular flexibility index (Phi) is 2.54. The Hall–Kier alpha value is -1.26. The predicted octanol–water partition coefficient (Wildman–Crippen LogP) is 1.08. The summed E-state index contributed by atoms with van der Waals surface area (Å²) < 4.78 is 5.16. The smallest absolute Gasteiger partial charge is 0.407 e. The van der Waals surface area contributed by atoms with Crippen LogP contribution in [0.2, 0.25) is 0 Å². The fourth-order valence-corrected chi connectivity index (χ4v) is 2.69. The predicted molar refractivity (Wildman–Crippen MR) is 51.4 cm³/mol. The second-order valence-corrected chi connectivity index (χ2v) is 4.33. The standard InChI is InChI=1S/C10H15NO4/c1-6(12)15-9-4-7-2-3-8(9)11(5-7)10(13)14/h7-9H,2-5H2,1H3,(H,13,14). The van der Waals surface area contributed by atoms with Gasteiger partial charge in [-0.3, -0.25) is 4.79 Å². The van der Waals surface area contributed by atoms with E-state index in [1.165, 1.54) is 11.8 Å². The molecule has 0 aromatic rings. The van der Waals surface area contributed by atoms with Crippen molar-refractivity contribution >= 4 is 12.1 Å². The Morgan fingerprint density at radius 1 is 1.40 bits per heavy atom. The van der Waals surface area contributed by atoms with Crippen molar-refractivity contribution in [1.29, 1.82) is 0 Å². The lowest BCUT2D eigenvalue weighted by Crippen LogP contribution is -2.58. The van der Waals surface area contributed by atoms with Crippen molar-refractivity contribution in [3.8, 4) is 0 Å². The molecule has 2 heterocycles. The van der Waals surface area contributed by atoms with E-state index in [-0.39, 0.29) is 18.1 Å². The number of nitrogens with zero attached hydrogens (tertiary/aromatic N) is 1. The molecule has 3 unspecified atom stereocenters. The summed E-state index contributed by atoms with van der Waals surface area (Å²) in [5, 5.41) is 9.00. The number of rotatable bonds is 1. The number of amides is 1. The van der Waals surface area contributed by atoms with Crippen LogP contribution in [0, 0.1) is 5.92 Å². The van der Waals surface area contributed by atoms with Gasteiger partial charge in [-0.1, -0.05) is 0 Å². The van der Waals surface area contributed by atoms with Crippen molar-refractivity contribution in [1.82, 2.24) is 4.90 Å². The van der Waals surface area contributed by atoms with Crippen LogP contribution in [-0.2, 0) is 9.53 Å². The number of fused-ring (bicyclic) bond motifs is 3. The molecule has 3 aliphatic rings. The zero-order valence-corrected chi connectivity index (χ0v) is 8.68. The van der Waals surface area contributed by atoms with Crippen molar-refractivity contribution in [2.75, 3.05) is 6.54 Å². The Bertz CT molecular complexity index is 291. The Labute approximate surface area is 88.0 Å². The van der Waals surface area contributed by atoms with Crippen LogP contribution in [0.3, 0.4) is 0 Å². The summed E-state index contributed by atoms with van der Waals surface area (Å²) in [6.45, 7) is 1.96. The number of carboxylic acid groups (broad SMARTS) is 1. The number of piperidine rings is 2. The van der Waals surface area contributed by atoms with E-state index in [1.807, 2.05) is 0 Å². The zero-order valence-electron chi connectivity index (χ0n) is 8.68. The van der Waals surface area contributed by atoms with Crippen molar-refractivity contribution in [2.24, 2.45) is 5.92 Å². The molecule has 5 heteroatoms. The third kappa shape index (κ3) is 1.91. The molecular weight excluding hydrogens is 198 g/mol. The lowest BCUT2D eigenvalue weighted by atomic mass is 9.78. The second-order valence-electron chi connectivity index (χ2n) is 4.33. The molecule has 2 saturated heterocycles. The van der Waals surface area contributed by atoms with Gasteiger partial charge >= 0.3 is 12.1 Å². The highest BCUT2D eigenvalue weighted by molar-refractivity contribution is 5.67. The van der Waals surface area contributed by atoms with E-state index in [4.69, 9.17) is 9.84 Å². The van der Waals surface area contributed by atoms with Gasteiger partial charge in [0.05, 0.1) is 6.04 Å². The highest BCUT2D eigenvalue weighted by Crippen LogP contribution is 2.36. The minimum absolute atomic E-state index is 0.128. The lowest BCUT2D eigenvalue weighted by Gasteiger charge is -2.47. The fraction of sp³-hybridized carbons (Fsp3) is 0.800. The molecule has 1 amide bonds. The number of hydrogen-bond donors (Lipinski definition) is 1. The van der Waals surface area contributed by atoms with Gasteiger partial charge in [-0.05, 0) is 25.2 Å². The van der Waals surface area contributed by atoms with Gasteiger partial charge in [0.25, 0.3) is 0 Å². The zero-order chi connectivity index (χ0) is 11.0. The number of hydrogen-bond acceptors (Lipinski definition) is 3. The summed E-state index contributed by atoms with van der Waals surface area (Å²) in [6, 6.07) is -0.128. The molecule has 0 radical (unpaired) electrons. The second kappa shape index (κ2) is 3.72. The number of carbonyl (C=O) groups is 2. The Morgan fingerprint density at radius 3 is 2.67 bits per heavy atom. The monoisotopic (exact) mass is 213 g/mol. The molecule has 1 saturated carbocycles. The largest absolute Gasteiger partial charge is 0.465 e. The molecule has 0 aromatic carbocycles. The van der Waals surface area contributed by atoms with Gasteiger partial charge in [-0.15, -0.1) is 0 Å². The van der Waals surface area contributed by atoms with Crippen LogP contribution in [0.5, 0.6) is 0 Å². The third-order valence-corrected chi connectivity index (χ3v) is 3.28. The van der Waals surface area contributed by atoms with E-state index in [1.54, 1.807) is 0 Å². The van der Waals surface area contributed by atoms with E-state index in [9.17, 15) is 9.59 Å². The molecular formula is C10H15NO4. The van der Waals surface area contributed by atoms with Crippen molar-refractivity contribution in [2.45, 2.75) is 38.3 Å². The normalized spacial score (nSPS) is 33.9. The maximum atomic E-state index is 11.0. The van der Waals surface area contributed by atoms with Crippen molar-refractivity contribution in [3.63, 3.8) is 0 Å². The Morgan fingerprint density at radius 2 is 2.13 bits per heavy atom. The van der Waals surface area contributed by atoms with Gasteiger partial charge in [-0.25, -0.2) is 4.79 Å². The van der Waals surface area contributed by atoms with Gasteiger partial charge in [0.2, 0.25) is 0 Å². The lowest BCUT2D eigenvalue weighted by molar-refractivity contribution is -0.157. The molecule has 0 aromatic heterocycles. The first-order chi connectivity index (χ1) is 7.08. The van der Waals surface area contributed by atoms with Crippen LogP contribution in [0.1, 0.15) is 26.2 Å². The summed E-state index contributed by atoms with van der Waals surface area (Å²) in [5.41, 5.74) is 0. The molecule has 2 bridgehead atoms. The number of ether oxygens (including phenoxy) is 1. The molecule has 1 aliphatic carbocycles. The summed E-state index contributed by atoms with van der Waals surface area (Å²) in [5.74, 6) is 0.0355. The molecule has 1 N–H and O–H groups in total. The van der Waals surface area contributed by atoms with E-state index in [0.717, 1.165) is 19.3 Å². The summed E-state index contributed by atoms with van der Waals surface area (Å²) in [7, 11) is 0. The van der Waals surface area contributed by atoms with Gasteiger partial charge in [0, 0.05) is 13.5 Å². The first-order valence-corrected chi connectivity index (χ1v) is 5.24. The first-order valence-electron chi connectivity index (χ1n) is 5.24. The molecule has 15 heavy (non-hydrogen) atoms. The van der Waals surface area contributed by atoms with Crippen LogP contribution < -0.4 is 0 Å². The quantitative estimate of drug-likeness (QED) is 0.662. The number of esters is 1. The highest BCUT2D eigenvalue weighted by atomic mass is 16.5. The van der Waals surface area contributed by atoms with Crippen LogP contribution in [0.4, 0.5) is 4.79 Å². The third-order valence-electron chi connectivity index (χ3n) is 3.28. The molecule has 3 rings (SSSR count). The topological polar surface area (TPSA) is 66.8 Å². The van der Waals surface area contributed by atoms with Crippen molar-refractivity contribution < 1.29 is 19.4 Å². The van der Waals surface area contributed by atoms with Gasteiger partial charge < -0.3 is 14.7 Å². The summed E-state index contributed by atoms with van der Waals surface area (Å²) in [4.78, 5) is 23.3. The molecule has 84 valence electrons. The highest BCUT2D eigenvalue weighted by Gasteiger charge is 2.44. The van der Waals surface area contributed by atoms with E-state index >= 15 is 0 Å². The molecule has 0 spiro atoms. The number of carbonyl (C=O) groups excluding carboxylic acids is 1. The van der Waals surface area contributed by atoms with Crippen LogP contribution >= 0.6 is 0 Å². The van der Waals surface area contributed by atoms with E-state index < -0.39 is 6.09 Å². The van der Waals surface area contributed by atoms with Gasteiger partial charge in [0.1, 0.15) is 6.10 Å². The minimum atomic E-state index is -0.901. The molecule has 5 nitrogen and oxygen atoms in total. The minimum Gasteiger partial charge on any atom is -0.465 e. The molecule has 2 aliphatic heterocycles. The van der Waals surface area contributed by atoms with Gasteiger partial charge in [-0.2, -0.15) is 0 Å². The van der Waals surface area contributed by atoms with Crippen LogP contribution in [0.15, 0.2) is 0 Å². The van der Waals surface area contributed by atoms with Crippen molar-refractivity contribution in [3.05, 3.63) is 0 Å². The van der Waals surface area contributed by atoms with E-state index in [0.29, 0.717) is 12.5 Å². The molecule has 3 atom stereocenters. The first kappa shape index (κ1) is 10.3. The average Bonchev–Trinajstić information content (AvgIpc) is 2.17. The summed E-state index contributed by atoms with van der Waals surface area (Å²) in [6.07, 6.45) is 1.54. The fourth-order valence-electron chi connectivity index (χ4n) is 2.69. The van der Waals surface area contributed by atoms with E-state index in [2.05, 4.69) is 0 Å². The van der Waals surface area contributed by atoms with Gasteiger partial charge in [0.15, 0.2) is 0 Å². The average molecular weight is 213 g/mol. The maximum Gasteiger partial charge on any atom is 0.407 e. The Balaban J connectivity index is 2.09.